The zero-order chi connectivity index (χ0) is 18.4. The fourth-order valence-corrected chi connectivity index (χ4v) is 4.10. The molecule has 0 spiro atoms. The van der Waals surface area contributed by atoms with Crippen LogP contribution in [0.2, 0.25) is 0 Å². The Balaban J connectivity index is 1.37. The van der Waals surface area contributed by atoms with E-state index in [1.807, 2.05) is 24.2 Å². The van der Waals surface area contributed by atoms with Crippen LogP contribution in [-0.4, -0.2) is 76.4 Å². The molecule has 2 aliphatic rings. The van der Waals surface area contributed by atoms with Crippen molar-refractivity contribution >= 4 is 6.03 Å². The van der Waals surface area contributed by atoms with Gasteiger partial charge in [0.25, 0.3) is 0 Å². The van der Waals surface area contributed by atoms with Crippen LogP contribution in [0.4, 0.5) is 4.79 Å². The number of hydrogen-bond donors (Lipinski definition) is 2. The Kier molecular flexibility index (Phi) is 6.91. The number of rotatable bonds is 6. The van der Waals surface area contributed by atoms with Gasteiger partial charge in [-0.2, -0.15) is 0 Å². The second-order valence-corrected chi connectivity index (χ2v) is 7.78. The molecule has 0 aliphatic carbocycles. The summed E-state index contributed by atoms with van der Waals surface area (Å²) in [6, 6.07) is 0.0716. The van der Waals surface area contributed by atoms with E-state index in [0.717, 1.165) is 64.4 Å². The molecule has 0 aromatic carbocycles. The predicted molar refractivity (Wildman–Crippen MR) is 101 cm³/mol. The van der Waals surface area contributed by atoms with Crippen molar-refractivity contribution in [3.05, 3.63) is 18.2 Å². The summed E-state index contributed by atoms with van der Waals surface area (Å²) in [5, 5.41) is 12.3. The minimum atomic E-state index is 0.0716. The lowest BCUT2D eigenvalue weighted by Gasteiger charge is -2.34. The summed E-state index contributed by atoms with van der Waals surface area (Å²) in [7, 11) is 0. The number of piperidine rings is 2. The quantitative estimate of drug-likeness (QED) is 0.799. The van der Waals surface area contributed by atoms with Crippen LogP contribution in [0.3, 0.4) is 0 Å². The molecule has 0 saturated carbocycles. The van der Waals surface area contributed by atoms with Crippen LogP contribution in [0.25, 0.3) is 0 Å². The van der Waals surface area contributed by atoms with Crippen LogP contribution in [0, 0.1) is 18.8 Å². The molecule has 146 valence electrons. The normalized spacial score (nSPS) is 22.5. The molecule has 2 N–H and O–H groups in total. The van der Waals surface area contributed by atoms with Crippen molar-refractivity contribution in [1.29, 1.82) is 0 Å². The molecule has 7 heteroatoms. The van der Waals surface area contributed by atoms with E-state index in [2.05, 4.69) is 19.8 Å². The van der Waals surface area contributed by atoms with Gasteiger partial charge in [0.1, 0.15) is 5.82 Å². The number of nitrogens with zero attached hydrogens (tertiary/aromatic N) is 4. The van der Waals surface area contributed by atoms with Crippen LogP contribution < -0.4 is 5.32 Å². The number of aliphatic hydroxyl groups excluding tert-OH is 1. The van der Waals surface area contributed by atoms with Gasteiger partial charge in [0.15, 0.2) is 0 Å². The first-order valence-electron chi connectivity index (χ1n) is 9.99. The maximum absolute atomic E-state index is 12.5. The van der Waals surface area contributed by atoms with Crippen LogP contribution >= 0.6 is 0 Å². The molecule has 2 saturated heterocycles. The van der Waals surface area contributed by atoms with Crippen molar-refractivity contribution in [2.75, 3.05) is 45.9 Å². The van der Waals surface area contributed by atoms with Crippen molar-refractivity contribution in [3.8, 4) is 0 Å². The smallest absolute Gasteiger partial charge is 0.317 e. The van der Waals surface area contributed by atoms with Gasteiger partial charge in [-0.25, -0.2) is 9.78 Å². The van der Waals surface area contributed by atoms with Crippen molar-refractivity contribution in [2.24, 2.45) is 11.8 Å². The Bertz CT molecular complexity index is 568. The van der Waals surface area contributed by atoms with Gasteiger partial charge in [0.2, 0.25) is 0 Å². The van der Waals surface area contributed by atoms with E-state index in [-0.39, 0.29) is 6.03 Å². The van der Waals surface area contributed by atoms with Crippen LogP contribution in [-0.2, 0) is 6.54 Å². The topological polar surface area (TPSA) is 73.6 Å². The third-order valence-corrected chi connectivity index (χ3v) is 5.85. The molecule has 3 rings (SSSR count). The first-order chi connectivity index (χ1) is 12.7. The van der Waals surface area contributed by atoms with Crippen molar-refractivity contribution in [1.82, 2.24) is 24.7 Å². The first kappa shape index (κ1) is 19.2. The number of imidazole rings is 1. The number of carbonyl (C=O) groups excluding carboxylic acids is 1. The summed E-state index contributed by atoms with van der Waals surface area (Å²) in [6.45, 7) is 8.60. The molecule has 1 atom stereocenters. The largest absolute Gasteiger partial charge is 0.396 e. The number of likely N-dealkylation sites (tertiary alicyclic amines) is 2. The molecule has 2 fully saturated rings. The van der Waals surface area contributed by atoms with Crippen molar-refractivity contribution < 1.29 is 9.90 Å². The maximum Gasteiger partial charge on any atom is 0.317 e. The summed E-state index contributed by atoms with van der Waals surface area (Å²) >= 11 is 0. The van der Waals surface area contributed by atoms with E-state index in [1.54, 1.807) is 0 Å². The van der Waals surface area contributed by atoms with Gasteiger partial charge in [-0.15, -0.1) is 0 Å². The fourth-order valence-electron chi connectivity index (χ4n) is 4.10. The Labute approximate surface area is 156 Å². The zero-order valence-corrected chi connectivity index (χ0v) is 15.9. The summed E-state index contributed by atoms with van der Waals surface area (Å²) in [4.78, 5) is 21.1. The standard InChI is InChI=1S/C19H33N5O2/c1-16-20-7-12-23(16)13-18-3-2-8-24(14-18)19(26)21-6-11-22-9-4-17(15-25)5-10-22/h7,12,17-18,25H,2-6,8-11,13-15H2,1H3,(H,21,26)/t18-/m0/s1. The molecule has 2 amide bonds. The number of aromatic nitrogens is 2. The number of hydrogen-bond acceptors (Lipinski definition) is 4. The molecule has 0 unspecified atom stereocenters. The van der Waals surface area contributed by atoms with E-state index < -0.39 is 0 Å². The number of carbonyl (C=O) groups is 1. The van der Waals surface area contributed by atoms with Gasteiger partial charge in [-0.3, -0.25) is 0 Å². The number of amides is 2. The van der Waals surface area contributed by atoms with E-state index in [4.69, 9.17) is 0 Å². The summed E-state index contributed by atoms with van der Waals surface area (Å²) in [6.07, 6.45) is 8.22. The van der Waals surface area contributed by atoms with Crippen molar-refractivity contribution in [2.45, 2.75) is 39.2 Å². The number of aryl methyl sites for hydroxylation is 1. The molecule has 3 heterocycles. The molecule has 0 bridgehead atoms. The Morgan fingerprint density at radius 2 is 2.08 bits per heavy atom. The first-order valence-corrected chi connectivity index (χ1v) is 9.99. The molecule has 7 nitrogen and oxygen atoms in total. The molecule has 1 aromatic heterocycles. The number of nitrogens with one attached hydrogen (secondary N) is 1. The fraction of sp³-hybridized carbons (Fsp3) is 0.789. The molecule has 26 heavy (non-hydrogen) atoms. The summed E-state index contributed by atoms with van der Waals surface area (Å²) in [5.41, 5.74) is 0. The van der Waals surface area contributed by atoms with Gasteiger partial charge in [-0.05, 0) is 57.5 Å². The second-order valence-electron chi connectivity index (χ2n) is 7.78. The Morgan fingerprint density at radius 1 is 1.27 bits per heavy atom. The Morgan fingerprint density at radius 3 is 2.77 bits per heavy atom. The average Bonchev–Trinajstić information content (AvgIpc) is 3.07. The van der Waals surface area contributed by atoms with Crippen LogP contribution in [0.1, 0.15) is 31.5 Å². The zero-order valence-electron chi connectivity index (χ0n) is 15.9. The predicted octanol–water partition coefficient (Wildman–Crippen LogP) is 1.32. The highest BCUT2D eigenvalue weighted by Gasteiger charge is 2.24. The SMILES string of the molecule is Cc1nccn1C[C@@H]1CCCN(C(=O)NCCN2CCC(CO)CC2)C1. The molecule has 1 aromatic rings. The molecule has 0 radical (unpaired) electrons. The van der Waals surface area contributed by atoms with Crippen molar-refractivity contribution in [3.63, 3.8) is 0 Å². The minimum Gasteiger partial charge on any atom is -0.396 e. The number of aliphatic hydroxyl groups is 1. The van der Waals surface area contributed by atoms with Gasteiger partial charge in [0.05, 0.1) is 0 Å². The Hall–Kier alpha value is -1.60. The van der Waals surface area contributed by atoms with E-state index in [1.165, 1.54) is 6.42 Å². The summed E-state index contributed by atoms with van der Waals surface area (Å²) < 4.78 is 2.18. The van der Waals surface area contributed by atoms with E-state index in [9.17, 15) is 9.90 Å². The van der Waals surface area contributed by atoms with Gasteiger partial charge in [-0.1, -0.05) is 0 Å². The summed E-state index contributed by atoms with van der Waals surface area (Å²) in [5.74, 6) is 2.00. The van der Waals surface area contributed by atoms with Gasteiger partial charge < -0.3 is 24.8 Å². The van der Waals surface area contributed by atoms with Crippen LogP contribution in [0.15, 0.2) is 12.4 Å². The van der Waals surface area contributed by atoms with E-state index >= 15 is 0 Å². The lowest BCUT2D eigenvalue weighted by Crippen LogP contribution is -2.48. The minimum absolute atomic E-state index is 0.0716. The second kappa shape index (κ2) is 9.37. The monoisotopic (exact) mass is 363 g/mol. The third kappa shape index (κ3) is 5.20. The van der Waals surface area contributed by atoms with Crippen LogP contribution in [0.5, 0.6) is 0 Å². The van der Waals surface area contributed by atoms with Gasteiger partial charge in [0, 0.05) is 51.7 Å². The van der Waals surface area contributed by atoms with E-state index in [0.29, 0.717) is 25.0 Å². The average molecular weight is 364 g/mol. The highest BCUT2D eigenvalue weighted by atomic mass is 16.3. The maximum atomic E-state index is 12.5. The third-order valence-electron chi connectivity index (χ3n) is 5.85. The van der Waals surface area contributed by atoms with Gasteiger partial charge >= 0.3 is 6.03 Å². The molecular weight excluding hydrogens is 330 g/mol. The lowest BCUT2D eigenvalue weighted by atomic mass is 9.98. The molecule has 2 aliphatic heterocycles. The highest BCUT2D eigenvalue weighted by Crippen LogP contribution is 2.19. The highest BCUT2D eigenvalue weighted by molar-refractivity contribution is 5.74. The lowest BCUT2D eigenvalue weighted by molar-refractivity contribution is 0.130. The number of urea groups is 1. The molecular formula is C19H33N5O2.